The Morgan fingerprint density at radius 3 is 2.75 bits per heavy atom. The van der Waals surface area contributed by atoms with Gasteiger partial charge in [0.25, 0.3) is 0 Å². The molecule has 2 aromatic rings. The first-order valence-corrected chi connectivity index (χ1v) is 9.71. The molecule has 28 heavy (non-hydrogen) atoms. The number of fused-ring (bicyclic) bond motifs is 1. The molecule has 0 unspecified atom stereocenters. The van der Waals surface area contributed by atoms with Crippen LogP contribution in [-0.4, -0.2) is 37.1 Å². The zero-order chi connectivity index (χ0) is 20.5. The highest BCUT2D eigenvalue weighted by molar-refractivity contribution is 7.85. The summed E-state index contributed by atoms with van der Waals surface area (Å²) in [6.45, 7) is 5.44. The van der Waals surface area contributed by atoms with Crippen LogP contribution in [0.5, 0.6) is 17.4 Å². The Bertz CT molecular complexity index is 1020. The number of benzene rings is 1. The molecule has 2 N–H and O–H groups in total. The molecule has 0 radical (unpaired) electrons. The summed E-state index contributed by atoms with van der Waals surface area (Å²) in [5, 5.41) is 2.22. The van der Waals surface area contributed by atoms with Crippen molar-refractivity contribution in [2.75, 3.05) is 12.4 Å². The van der Waals surface area contributed by atoms with Gasteiger partial charge in [-0.1, -0.05) is 12.1 Å². The number of carbonyl (C=O) groups excluding carboxylic acids is 1. The molecule has 150 valence electrons. The third kappa shape index (κ3) is 4.60. The highest BCUT2D eigenvalue weighted by Crippen LogP contribution is 2.42. The average molecular weight is 408 g/mol. The molecule has 2 heterocycles. The normalized spacial score (nSPS) is 14.6. The van der Waals surface area contributed by atoms with Gasteiger partial charge in [0.15, 0.2) is 11.5 Å². The molecular weight excluding hydrogens is 388 g/mol. The first-order chi connectivity index (χ1) is 13.1. The first kappa shape index (κ1) is 19.7. The van der Waals surface area contributed by atoms with Gasteiger partial charge in [0.2, 0.25) is 11.8 Å². The Morgan fingerprint density at radius 1 is 1.29 bits per heavy atom. The van der Waals surface area contributed by atoms with E-state index in [4.69, 9.17) is 13.7 Å². The molecule has 0 saturated carbocycles. The van der Waals surface area contributed by atoms with E-state index in [2.05, 4.69) is 15.3 Å². The van der Waals surface area contributed by atoms with Crippen LogP contribution in [0.4, 0.5) is 10.7 Å². The molecular formula is C17H20N4O6S. The van der Waals surface area contributed by atoms with Crippen LogP contribution in [0.15, 0.2) is 24.3 Å². The molecule has 3 rings (SSSR count). The number of ether oxygens (including phenoxy) is 2. The Kier molecular flexibility index (Phi) is 5.02. The van der Waals surface area contributed by atoms with Crippen molar-refractivity contribution in [3.8, 4) is 17.4 Å². The lowest BCUT2D eigenvalue weighted by Gasteiger charge is -2.18. The minimum Gasteiger partial charge on any atom is -0.483 e. The predicted octanol–water partition coefficient (Wildman–Crippen LogP) is 1.95. The Morgan fingerprint density at radius 2 is 2.04 bits per heavy atom. The molecule has 1 aromatic heterocycles. The van der Waals surface area contributed by atoms with Crippen molar-refractivity contribution in [2.45, 2.75) is 32.8 Å². The summed E-state index contributed by atoms with van der Waals surface area (Å²) in [7, 11) is -3.06. The molecule has 0 spiro atoms. The highest BCUT2D eigenvalue weighted by atomic mass is 32.2. The molecule has 0 atom stereocenters. The second-order valence-corrected chi connectivity index (χ2v) is 8.03. The lowest BCUT2D eigenvalue weighted by atomic mass is 10.0. The molecule has 0 bridgehead atoms. The van der Waals surface area contributed by atoms with E-state index in [1.165, 1.54) is 13.2 Å². The van der Waals surface area contributed by atoms with Crippen molar-refractivity contribution < 1.29 is 26.9 Å². The number of amides is 2. The minimum absolute atomic E-state index is 0.00292. The monoisotopic (exact) mass is 408 g/mol. The summed E-state index contributed by atoms with van der Waals surface area (Å²) in [5.74, 6) is 0.443. The van der Waals surface area contributed by atoms with Crippen molar-refractivity contribution >= 4 is 22.3 Å². The molecule has 1 aliphatic heterocycles. The van der Waals surface area contributed by atoms with Crippen LogP contribution >= 0.6 is 0 Å². The van der Waals surface area contributed by atoms with Gasteiger partial charge in [0.05, 0.1) is 7.11 Å². The molecule has 1 aliphatic rings. The van der Waals surface area contributed by atoms with Crippen LogP contribution < -0.4 is 23.7 Å². The summed E-state index contributed by atoms with van der Waals surface area (Å²) in [4.78, 5) is 19.9. The van der Waals surface area contributed by atoms with E-state index in [1.807, 2.05) is 19.9 Å². The first-order valence-electron chi connectivity index (χ1n) is 8.31. The number of hydrogen-bond donors (Lipinski definition) is 2. The SMILES string of the molecule is COc1cc(C)nc(NC(=O)NS(=O)(=O)Oc2cccc3c2OC(C)(C)C3)n1. The van der Waals surface area contributed by atoms with E-state index in [1.54, 1.807) is 23.8 Å². The van der Waals surface area contributed by atoms with Gasteiger partial charge in [0, 0.05) is 23.7 Å². The number of rotatable bonds is 5. The maximum Gasteiger partial charge on any atom is 0.411 e. The van der Waals surface area contributed by atoms with Gasteiger partial charge in [-0.05, 0) is 26.8 Å². The molecule has 11 heteroatoms. The number of anilines is 1. The smallest absolute Gasteiger partial charge is 0.411 e. The zero-order valence-corrected chi connectivity index (χ0v) is 16.6. The number of urea groups is 1. The molecule has 0 fully saturated rings. The number of hydrogen-bond acceptors (Lipinski definition) is 8. The van der Waals surface area contributed by atoms with Crippen molar-refractivity contribution in [3.05, 3.63) is 35.5 Å². The largest absolute Gasteiger partial charge is 0.483 e. The Labute approximate surface area is 162 Å². The quantitative estimate of drug-likeness (QED) is 0.768. The second kappa shape index (κ2) is 7.15. The lowest BCUT2D eigenvalue weighted by molar-refractivity contribution is 0.136. The number of nitrogens with zero attached hydrogens (tertiary/aromatic N) is 2. The van der Waals surface area contributed by atoms with Gasteiger partial charge in [-0.15, -0.1) is 0 Å². The molecule has 2 amide bonds. The zero-order valence-electron chi connectivity index (χ0n) is 15.8. The lowest BCUT2D eigenvalue weighted by Crippen LogP contribution is -2.37. The number of methoxy groups -OCH3 is 1. The summed E-state index contributed by atoms with van der Waals surface area (Å²) >= 11 is 0. The van der Waals surface area contributed by atoms with Gasteiger partial charge >= 0.3 is 16.3 Å². The van der Waals surface area contributed by atoms with Crippen LogP contribution in [0.3, 0.4) is 0 Å². The summed E-state index contributed by atoms with van der Waals surface area (Å²) in [6, 6.07) is 5.40. The Hall–Kier alpha value is -3.08. The van der Waals surface area contributed by atoms with Gasteiger partial charge in [0.1, 0.15) is 5.60 Å². The van der Waals surface area contributed by atoms with Crippen LogP contribution in [-0.2, 0) is 16.7 Å². The van der Waals surface area contributed by atoms with Gasteiger partial charge < -0.3 is 13.7 Å². The van der Waals surface area contributed by atoms with Gasteiger partial charge in [-0.25, -0.2) is 14.5 Å². The van der Waals surface area contributed by atoms with Crippen LogP contribution in [0.1, 0.15) is 25.1 Å². The second-order valence-electron chi connectivity index (χ2n) is 6.75. The fourth-order valence-corrected chi connectivity index (χ4v) is 3.42. The molecule has 10 nitrogen and oxygen atoms in total. The summed E-state index contributed by atoms with van der Waals surface area (Å²) in [6.07, 6.45) is 0.611. The maximum atomic E-state index is 12.2. The number of nitrogens with one attached hydrogen (secondary N) is 2. The average Bonchev–Trinajstić information content (AvgIpc) is 2.88. The fourth-order valence-electron chi connectivity index (χ4n) is 2.73. The predicted molar refractivity (Wildman–Crippen MR) is 99.9 cm³/mol. The number of para-hydroxylation sites is 1. The van der Waals surface area contributed by atoms with E-state index >= 15 is 0 Å². The number of carbonyl (C=O) groups is 1. The summed E-state index contributed by atoms with van der Waals surface area (Å²) in [5.41, 5.74) is 0.876. The number of aryl methyl sites for hydroxylation is 1. The minimum atomic E-state index is -4.47. The Balaban J connectivity index is 1.71. The highest BCUT2D eigenvalue weighted by Gasteiger charge is 2.33. The molecule has 0 saturated heterocycles. The van der Waals surface area contributed by atoms with Crippen LogP contribution in [0.25, 0.3) is 0 Å². The van der Waals surface area contributed by atoms with E-state index < -0.39 is 21.9 Å². The topological polar surface area (TPSA) is 129 Å². The maximum absolute atomic E-state index is 12.2. The third-order valence-corrected chi connectivity index (χ3v) is 4.57. The van der Waals surface area contributed by atoms with E-state index in [9.17, 15) is 13.2 Å². The fraction of sp³-hybridized carbons (Fsp3) is 0.353. The van der Waals surface area contributed by atoms with E-state index in [-0.39, 0.29) is 17.6 Å². The van der Waals surface area contributed by atoms with Crippen molar-refractivity contribution in [1.29, 1.82) is 0 Å². The van der Waals surface area contributed by atoms with E-state index in [0.717, 1.165) is 5.56 Å². The van der Waals surface area contributed by atoms with E-state index in [0.29, 0.717) is 17.9 Å². The van der Waals surface area contributed by atoms with Crippen molar-refractivity contribution in [3.63, 3.8) is 0 Å². The molecule has 1 aromatic carbocycles. The van der Waals surface area contributed by atoms with Crippen molar-refractivity contribution in [1.82, 2.24) is 14.7 Å². The third-order valence-electron chi connectivity index (χ3n) is 3.74. The van der Waals surface area contributed by atoms with Crippen molar-refractivity contribution in [2.24, 2.45) is 0 Å². The van der Waals surface area contributed by atoms with Gasteiger partial charge in [-0.3, -0.25) is 5.32 Å². The van der Waals surface area contributed by atoms with Crippen LogP contribution in [0, 0.1) is 6.92 Å². The standard InChI is InChI=1S/C17H20N4O6S/c1-10-8-13(25-4)19-15(18-10)20-16(22)21-28(23,24)27-12-7-5-6-11-9-17(2,3)26-14(11)12/h5-8H,9H2,1-4H3,(H2,18,19,20,21,22). The summed E-state index contributed by atoms with van der Waals surface area (Å²) < 4.78 is 42.0. The number of aromatic nitrogens is 2. The van der Waals surface area contributed by atoms with Gasteiger partial charge in [-0.2, -0.15) is 13.4 Å². The molecule has 0 aliphatic carbocycles. The van der Waals surface area contributed by atoms with Crippen LogP contribution in [0.2, 0.25) is 0 Å².